The zero-order valence-electron chi connectivity index (χ0n) is 11.8. The summed E-state index contributed by atoms with van der Waals surface area (Å²) >= 11 is 2.10. The third kappa shape index (κ3) is 2.38. The molecule has 1 nitrogen and oxygen atoms in total. The Morgan fingerprint density at radius 1 is 1.28 bits per heavy atom. The van der Waals surface area contributed by atoms with Gasteiger partial charge in [0.2, 0.25) is 0 Å². The molecular formula is C16H27NS. The van der Waals surface area contributed by atoms with Crippen LogP contribution in [0.25, 0.3) is 0 Å². The Kier molecular flexibility index (Phi) is 3.77. The number of allylic oxidation sites excluding steroid dienone is 2. The average Bonchev–Trinajstić information content (AvgIpc) is 3.12. The molecule has 2 saturated carbocycles. The largest absolute Gasteiger partial charge is 0.313 e. The predicted octanol–water partition coefficient (Wildman–Crippen LogP) is 3.85. The number of hydrogen-bond acceptors (Lipinski definition) is 2. The van der Waals surface area contributed by atoms with E-state index < -0.39 is 0 Å². The van der Waals surface area contributed by atoms with Crippen molar-refractivity contribution in [3.05, 3.63) is 12.2 Å². The van der Waals surface area contributed by atoms with Gasteiger partial charge < -0.3 is 5.32 Å². The maximum atomic E-state index is 3.89. The van der Waals surface area contributed by atoms with Crippen LogP contribution in [-0.4, -0.2) is 23.6 Å². The van der Waals surface area contributed by atoms with Crippen molar-refractivity contribution in [2.45, 2.75) is 56.2 Å². The predicted molar refractivity (Wildman–Crippen MR) is 81.0 cm³/mol. The van der Waals surface area contributed by atoms with Gasteiger partial charge in [-0.05, 0) is 56.6 Å². The molecule has 1 N–H and O–H groups in total. The second-order valence-corrected chi connectivity index (χ2v) is 7.98. The van der Waals surface area contributed by atoms with E-state index >= 15 is 0 Å². The minimum atomic E-state index is 0.557. The Bertz CT molecular complexity index is 319. The summed E-state index contributed by atoms with van der Waals surface area (Å²) in [6.45, 7) is 3.65. The Labute approximate surface area is 116 Å². The summed E-state index contributed by atoms with van der Waals surface area (Å²) in [6, 6.07) is 0.703. The second-order valence-electron chi connectivity index (χ2n) is 6.71. The van der Waals surface area contributed by atoms with Crippen LogP contribution in [0.5, 0.6) is 0 Å². The summed E-state index contributed by atoms with van der Waals surface area (Å²) in [7, 11) is 0. The van der Waals surface area contributed by atoms with Gasteiger partial charge in [-0.25, -0.2) is 0 Å². The third-order valence-electron chi connectivity index (χ3n) is 5.67. The van der Waals surface area contributed by atoms with Gasteiger partial charge in [0.25, 0.3) is 0 Å². The van der Waals surface area contributed by atoms with E-state index in [9.17, 15) is 0 Å². The van der Waals surface area contributed by atoms with Gasteiger partial charge >= 0.3 is 0 Å². The number of fused-ring (bicyclic) bond motifs is 2. The first-order valence-electron chi connectivity index (χ1n) is 7.69. The van der Waals surface area contributed by atoms with E-state index in [4.69, 9.17) is 0 Å². The van der Waals surface area contributed by atoms with Gasteiger partial charge in [-0.1, -0.05) is 25.0 Å². The van der Waals surface area contributed by atoms with E-state index in [1.807, 2.05) is 0 Å². The van der Waals surface area contributed by atoms with Gasteiger partial charge in [0.15, 0.2) is 0 Å². The van der Waals surface area contributed by atoms with Crippen LogP contribution < -0.4 is 5.32 Å². The van der Waals surface area contributed by atoms with Crippen LogP contribution in [0, 0.1) is 17.8 Å². The standard InChI is InChI=1S/C16H27NS/c1-12(15-10-13-5-6-14(15)9-13)17-11-16(18-2)7-3-4-8-16/h5-6,12-15,17H,3-4,7-11H2,1-2H3. The minimum Gasteiger partial charge on any atom is -0.313 e. The molecule has 0 heterocycles. The zero-order valence-corrected chi connectivity index (χ0v) is 12.6. The summed E-state index contributed by atoms with van der Waals surface area (Å²) < 4.78 is 0.557. The normalized spacial score (nSPS) is 38.4. The van der Waals surface area contributed by atoms with Crippen molar-refractivity contribution in [1.82, 2.24) is 5.32 Å². The molecule has 0 spiro atoms. The van der Waals surface area contributed by atoms with Crippen molar-refractivity contribution in [2.75, 3.05) is 12.8 Å². The van der Waals surface area contributed by atoms with Gasteiger partial charge in [0, 0.05) is 17.3 Å². The van der Waals surface area contributed by atoms with Crippen molar-refractivity contribution in [2.24, 2.45) is 17.8 Å². The molecular weight excluding hydrogens is 238 g/mol. The highest BCUT2D eigenvalue weighted by molar-refractivity contribution is 8.00. The monoisotopic (exact) mass is 265 g/mol. The number of thioether (sulfide) groups is 1. The van der Waals surface area contributed by atoms with Crippen LogP contribution >= 0.6 is 11.8 Å². The van der Waals surface area contributed by atoms with Crippen LogP contribution in [-0.2, 0) is 0 Å². The molecule has 4 atom stereocenters. The Hall–Kier alpha value is 0.0500. The molecule has 0 aromatic heterocycles. The highest BCUT2D eigenvalue weighted by Crippen LogP contribution is 2.45. The topological polar surface area (TPSA) is 12.0 Å². The SMILES string of the molecule is CSC1(CNC(C)C2CC3C=CC2C3)CCCC1. The van der Waals surface area contributed by atoms with Crippen LogP contribution in [0.4, 0.5) is 0 Å². The van der Waals surface area contributed by atoms with Crippen LogP contribution in [0.3, 0.4) is 0 Å². The first-order valence-corrected chi connectivity index (χ1v) is 8.92. The zero-order chi connectivity index (χ0) is 12.6. The second kappa shape index (κ2) is 5.20. The lowest BCUT2D eigenvalue weighted by Gasteiger charge is -2.32. The van der Waals surface area contributed by atoms with Crippen molar-refractivity contribution in [3.8, 4) is 0 Å². The molecule has 0 saturated heterocycles. The maximum absolute atomic E-state index is 3.89. The van der Waals surface area contributed by atoms with Crippen molar-refractivity contribution in [3.63, 3.8) is 0 Å². The molecule has 3 aliphatic rings. The summed E-state index contributed by atoms with van der Waals surface area (Å²) in [5, 5.41) is 3.89. The van der Waals surface area contributed by atoms with E-state index in [0.29, 0.717) is 10.8 Å². The number of rotatable bonds is 5. The highest BCUT2D eigenvalue weighted by Gasteiger charge is 2.39. The van der Waals surface area contributed by atoms with Crippen LogP contribution in [0.2, 0.25) is 0 Å². The van der Waals surface area contributed by atoms with Gasteiger partial charge in [0.1, 0.15) is 0 Å². The number of hydrogen-bond donors (Lipinski definition) is 1. The molecule has 102 valence electrons. The lowest BCUT2D eigenvalue weighted by molar-refractivity contribution is 0.317. The fourth-order valence-corrected chi connectivity index (χ4v) is 5.29. The Morgan fingerprint density at radius 3 is 2.61 bits per heavy atom. The summed E-state index contributed by atoms with van der Waals surface area (Å²) in [6.07, 6.45) is 15.8. The molecule has 2 heteroatoms. The third-order valence-corrected chi connectivity index (χ3v) is 7.09. The lowest BCUT2D eigenvalue weighted by Crippen LogP contribution is -2.43. The Balaban J connectivity index is 1.52. The first kappa shape index (κ1) is 13.1. The van der Waals surface area contributed by atoms with Gasteiger partial charge in [-0.15, -0.1) is 0 Å². The fraction of sp³-hybridized carbons (Fsp3) is 0.875. The highest BCUT2D eigenvalue weighted by atomic mass is 32.2. The summed E-state index contributed by atoms with van der Waals surface area (Å²) in [4.78, 5) is 0. The average molecular weight is 265 g/mol. The summed E-state index contributed by atoms with van der Waals surface area (Å²) in [5.74, 6) is 2.69. The minimum absolute atomic E-state index is 0.557. The molecule has 2 fully saturated rings. The van der Waals surface area contributed by atoms with Crippen LogP contribution in [0.15, 0.2) is 12.2 Å². The molecule has 0 aromatic carbocycles. The fourth-order valence-electron chi connectivity index (χ4n) is 4.37. The van der Waals surface area contributed by atoms with Gasteiger partial charge in [-0.3, -0.25) is 0 Å². The van der Waals surface area contributed by atoms with Gasteiger partial charge in [-0.2, -0.15) is 11.8 Å². The van der Waals surface area contributed by atoms with E-state index in [1.54, 1.807) is 0 Å². The molecule has 3 aliphatic carbocycles. The molecule has 0 radical (unpaired) electrons. The van der Waals surface area contributed by atoms with Crippen LogP contribution in [0.1, 0.15) is 45.4 Å². The molecule has 4 unspecified atom stereocenters. The van der Waals surface area contributed by atoms with Crippen molar-refractivity contribution >= 4 is 11.8 Å². The van der Waals surface area contributed by atoms with Crippen molar-refractivity contribution in [1.29, 1.82) is 0 Å². The van der Waals surface area contributed by atoms with Crippen molar-refractivity contribution < 1.29 is 0 Å². The molecule has 3 rings (SSSR count). The molecule has 2 bridgehead atoms. The van der Waals surface area contributed by atoms with E-state index in [2.05, 4.69) is 42.4 Å². The molecule has 18 heavy (non-hydrogen) atoms. The van der Waals surface area contributed by atoms with E-state index in [-0.39, 0.29) is 0 Å². The van der Waals surface area contributed by atoms with Gasteiger partial charge in [0.05, 0.1) is 0 Å². The molecule has 0 amide bonds. The summed E-state index contributed by atoms with van der Waals surface area (Å²) in [5.41, 5.74) is 0. The maximum Gasteiger partial charge on any atom is 0.0281 e. The quantitative estimate of drug-likeness (QED) is 0.758. The first-order chi connectivity index (χ1) is 8.72. The van der Waals surface area contributed by atoms with E-state index in [1.165, 1.54) is 45.1 Å². The smallest absolute Gasteiger partial charge is 0.0281 e. The lowest BCUT2D eigenvalue weighted by atomic mass is 9.87. The number of nitrogens with one attached hydrogen (secondary N) is 1. The molecule has 0 aromatic rings. The molecule has 0 aliphatic heterocycles. The Morgan fingerprint density at radius 2 is 2.06 bits per heavy atom. The van der Waals surface area contributed by atoms with E-state index in [0.717, 1.165) is 17.8 Å².